The van der Waals surface area contributed by atoms with Crippen LogP contribution >= 0.6 is 0 Å². The highest BCUT2D eigenvalue weighted by molar-refractivity contribution is 5.89. The van der Waals surface area contributed by atoms with Gasteiger partial charge in [0.2, 0.25) is 5.91 Å². The van der Waals surface area contributed by atoms with Crippen LogP contribution in [0.1, 0.15) is 19.8 Å². The number of carbonyl (C=O) groups is 2. The zero-order valence-electron chi connectivity index (χ0n) is 8.06. The van der Waals surface area contributed by atoms with Gasteiger partial charge in [0, 0.05) is 0 Å². The standard InChI is InChI=1S/C9H15NO4/c1-2-5(4-11)10-8(12)6-3-7(6)9(13)14/h5-7,11H,2-4H2,1H3,(H,10,12)(H,13,14)/t5-,6?,7?/m1/s1. The van der Waals surface area contributed by atoms with E-state index in [1.54, 1.807) is 0 Å². The van der Waals surface area contributed by atoms with Crippen molar-refractivity contribution in [1.82, 2.24) is 5.32 Å². The van der Waals surface area contributed by atoms with E-state index in [1.165, 1.54) is 0 Å². The van der Waals surface area contributed by atoms with E-state index in [0.29, 0.717) is 12.8 Å². The first kappa shape index (κ1) is 11.0. The third-order valence-electron chi connectivity index (χ3n) is 2.50. The number of hydrogen-bond donors (Lipinski definition) is 3. The lowest BCUT2D eigenvalue weighted by Gasteiger charge is -2.13. The van der Waals surface area contributed by atoms with Crippen LogP contribution in [0.15, 0.2) is 0 Å². The van der Waals surface area contributed by atoms with E-state index >= 15 is 0 Å². The molecule has 0 bridgehead atoms. The monoisotopic (exact) mass is 201 g/mol. The van der Waals surface area contributed by atoms with Gasteiger partial charge in [0.05, 0.1) is 24.5 Å². The summed E-state index contributed by atoms with van der Waals surface area (Å²) in [5.74, 6) is -2.08. The van der Waals surface area contributed by atoms with Crippen LogP contribution in [-0.2, 0) is 9.59 Å². The van der Waals surface area contributed by atoms with E-state index in [1.807, 2.05) is 6.92 Å². The highest BCUT2D eigenvalue weighted by atomic mass is 16.4. The first-order valence-electron chi connectivity index (χ1n) is 4.74. The summed E-state index contributed by atoms with van der Waals surface area (Å²) in [5.41, 5.74) is 0. The van der Waals surface area contributed by atoms with Gasteiger partial charge in [-0.15, -0.1) is 0 Å². The molecule has 14 heavy (non-hydrogen) atoms. The fraction of sp³-hybridized carbons (Fsp3) is 0.778. The van der Waals surface area contributed by atoms with Crippen LogP contribution in [0.3, 0.4) is 0 Å². The van der Waals surface area contributed by atoms with E-state index in [4.69, 9.17) is 10.2 Å². The number of amides is 1. The molecule has 0 aliphatic heterocycles. The summed E-state index contributed by atoms with van der Waals surface area (Å²) in [7, 11) is 0. The Labute approximate surface area is 82.1 Å². The fourth-order valence-corrected chi connectivity index (χ4v) is 1.34. The van der Waals surface area contributed by atoms with Crippen LogP contribution in [-0.4, -0.2) is 34.7 Å². The van der Waals surface area contributed by atoms with Crippen molar-refractivity contribution in [2.24, 2.45) is 11.8 Å². The van der Waals surface area contributed by atoms with Crippen LogP contribution in [0.25, 0.3) is 0 Å². The molecule has 3 N–H and O–H groups in total. The topological polar surface area (TPSA) is 86.6 Å². The van der Waals surface area contributed by atoms with E-state index < -0.39 is 17.8 Å². The van der Waals surface area contributed by atoms with Crippen molar-refractivity contribution in [3.63, 3.8) is 0 Å². The third kappa shape index (κ3) is 2.45. The van der Waals surface area contributed by atoms with Crippen LogP contribution in [0.4, 0.5) is 0 Å². The molecule has 0 spiro atoms. The Morgan fingerprint density at radius 1 is 1.50 bits per heavy atom. The first-order chi connectivity index (χ1) is 6.60. The molecule has 5 heteroatoms. The molecule has 5 nitrogen and oxygen atoms in total. The van der Waals surface area contributed by atoms with Crippen molar-refractivity contribution in [2.75, 3.05) is 6.61 Å². The van der Waals surface area contributed by atoms with Crippen LogP contribution in [0.5, 0.6) is 0 Å². The Bertz CT molecular complexity index is 237. The molecule has 2 unspecified atom stereocenters. The average Bonchev–Trinajstić information content (AvgIpc) is 2.93. The molecule has 1 amide bonds. The zero-order chi connectivity index (χ0) is 10.7. The lowest BCUT2D eigenvalue weighted by atomic mass is 10.2. The van der Waals surface area contributed by atoms with E-state index in [9.17, 15) is 9.59 Å². The summed E-state index contributed by atoms with van der Waals surface area (Å²) in [5, 5.41) is 20.0. The van der Waals surface area contributed by atoms with Gasteiger partial charge in [-0.25, -0.2) is 0 Å². The molecule has 80 valence electrons. The Morgan fingerprint density at radius 2 is 2.14 bits per heavy atom. The van der Waals surface area contributed by atoms with Gasteiger partial charge in [0.25, 0.3) is 0 Å². The molecule has 1 fully saturated rings. The molecule has 1 aliphatic rings. The highest BCUT2D eigenvalue weighted by Crippen LogP contribution is 2.38. The maximum Gasteiger partial charge on any atom is 0.307 e. The SMILES string of the molecule is CC[C@H](CO)NC(=O)C1CC1C(=O)O. The molecule has 1 rings (SSSR count). The second-order valence-corrected chi connectivity index (χ2v) is 3.58. The first-order valence-corrected chi connectivity index (χ1v) is 4.74. The Balaban J connectivity index is 2.34. The number of carboxylic acid groups (broad SMARTS) is 1. The number of aliphatic hydroxyl groups excluding tert-OH is 1. The van der Waals surface area contributed by atoms with Crippen molar-refractivity contribution in [2.45, 2.75) is 25.8 Å². The van der Waals surface area contributed by atoms with Crippen molar-refractivity contribution in [3.8, 4) is 0 Å². The van der Waals surface area contributed by atoms with E-state index in [0.717, 1.165) is 0 Å². The Morgan fingerprint density at radius 3 is 2.50 bits per heavy atom. The van der Waals surface area contributed by atoms with Crippen LogP contribution in [0, 0.1) is 11.8 Å². The molecule has 1 saturated carbocycles. The van der Waals surface area contributed by atoms with E-state index in [2.05, 4.69) is 5.32 Å². The normalized spacial score (nSPS) is 26.7. The number of rotatable bonds is 5. The zero-order valence-corrected chi connectivity index (χ0v) is 8.06. The van der Waals surface area contributed by atoms with Gasteiger partial charge in [-0.3, -0.25) is 9.59 Å². The molecule has 0 aromatic rings. The van der Waals surface area contributed by atoms with Crippen LogP contribution in [0.2, 0.25) is 0 Å². The smallest absolute Gasteiger partial charge is 0.307 e. The minimum Gasteiger partial charge on any atom is -0.481 e. The average molecular weight is 201 g/mol. The number of nitrogens with one attached hydrogen (secondary N) is 1. The fourth-order valence-electron chi connectivity index (χ4n) is 1.34. The second kappa shape index (κ2) is 4.41. The highest BCUT2D eigenvalue weighted by Gasteiger charge is 2.48. The number of carbonyl (C=O) groups excluding carboxylic acids is 1. The van der Waals surface area contributed by atoms with Crippen molar-refractivity contribution >= 4 is 11.9 Å². The van der Waals surface area contributed by atoms with Gasteiger partial charge >= 0.3 is 5.97 Å². The predicted molar refractivity (Wildman–Crippen MR) is 48.5 cm³/mol. The van der Waals surface area contributed by atoms with Gasteiger partial charge < -0.3 is 15.5 Å². The summed E-state index contributed by atoms with van der Waals surface area (Å²) in [6.07, 6.45) is 1.07. The Hall–Kier alpha value is -1.10. The van der Waals surface area contributed by atoms with E-state index in [-0.39, 0.29) is 18.6 Å². The maximum absolute atomic E-state index is 11.4. The molecule has 0 aromatic heterocycles. The molecular weight excluding hydrogens is 186 g/mol. The minimum atomic E-state index is -0.915. The second-order valence-electron chi connectivity index (χ2n) is 3.58. The largest absolute Gasteiger partial charge is 0.481 e. The quantitative estimate of drug-likeness (QED) is 0.564. The maximum atomic E-state index is 11.4. The molecule has 1 aliphatic carbocycles. The molecule has 0 heterocycles. The van der Waals surface area contributed by atoms with Gasteiger partial charge in [-0.05, 0) is 12.8 Å². The minimum absolute atomic E-state index is 0.104. The summed E-state index contributed by atoms with van der Waals surface area (Å²) >= 11 is 0. The van der Waals surface area contributed by atoms with Crippen molar-refractivity contribution in [3.05, 3.63) is 0 Å². The lowest BCUT2D eigenvalue weighted by Crippen LogP contribution is -2.38. The van der Waals surface area contributed by atoms with Gasteiger partial charge in [-0.2, -0.15) is 0 Å². The number of aliphatic carboxylic acids is 1. The van der Waals surface area contributed by atoms with Crippen molar-refractivity contribution < 1.29 is 19.8 Å². The predicted octanol–water partition coefficient (Wildman–Crippen LogP) is -0.406. The summed E-state index contributed by atoms with van der Waals surface area (Å²) < 4.78 is 0. The number of carboxylic acids is 1. The Kier molecular flexibility index (Phi) is 3.46. The summed E-state index contributed by atoms with van der Waals surface area (Å²) in [4.78, 5) is 21.8. The summed E-state index contributed by atoms with van der Waals surface area (Å²) in [6.45, 7) is 1.75. The summed E-state index contributed by atoms with van der Waals surface area (Å²) in [6, 6.07) is -0.252. The number of hydrogen-bond acceptors (Lipinski definition) is 3. The molecular formula is C9H15NO4. The van der Waals surface area contributed by atoms with Crippen molar-refractivity contribution in [1.29, 1.82) is 0 Å². The van der Waals surface area contributed by atoms with Gasteiger partial charge in [-0.1, -0.05) is 6.92 Å². The molecule has 0 aromatic carbocycles. The third-order valence-corrected chi connectivity index (χ3v) is 2.50. The molecule has 0 saturated heterocycles. The van der Waals surface area contributed by atoms with Gasteiger partial charge in [0.15, 0.2) is 0 Å². The lowest BCUT2D eigenvalue weighted by molar-refractivity contribution is -0.140. The number of aliphatic hydroxyl groups is 1. The van der Waals surface area contributed by atoms with Gasteiger partial charge in [0.1, 0.15) is 0 Å². The molecule has 3 atom stereocenters. The van der Waals surface area contributed by atoms with Crippen LogP contribution < -0.4 is 5.32 Å². The molecule has 0 radical (unpaired) electrons.